The zero-order chi connectivity index (χ0) is 29.0. The molecule has 0 bridgehead atoms. The number of carbonyl (C=O) groups is 2. The van der Waals surface area contributed by atoms with Gasteiger partial charge >= 0.3 is 18.2 Å². The number of halogens is 3. The molecule has 4 aromatic rings. The number of carbonyl (C=O) groups excluding carboxylic acids is 1. The van der Waals surface area contributed by atoms with E-state index in [1.54, 1.807) is 24.5 Å². The van der Waals surface area contributed by atoms with Gasteiger partial charge in [0.05, 0.1) is 19.3 Å². The third-order valence-corrected chi connectivity index (χ3v) is 6.09. The average Bonchev–Trinajstić information content (AvgIpc) is 3.72. The molecule has 2 fully saturated rings. The highest BCUT2D eigenvalue weighted by Crippen LogP contribution is 2.37. The van der Waals surface area contributed by atoms with Crippen molar-refractivity contribution in [3.8, 4) is 11.4 Å². The fourth-order valence-electron chi connectivity index (χ4n) is 3.94. The number of fused-ring (bicyclic) bond motifs is 1. The molecule has 0 radical (unpaired) electrons. The molecule has 3 N–H and O–H groups in total. The number of aliphatic carboxylic acids is 1. The van der Waals surface area contributed by atoms with Crippen molar-refractivity contribution in [1.29, 1.82) is 0 Å². The van der Waals surface area contributed by atoms with Crippen molar-refractivity contribution in [3.05, 3.63) is 48.8 Å². The van der Waals surface area contributed by atoms with Gasteiger partial charge in [-0.15, -0.1) is 5.10 Å². The highest BCUT2D eigenvalue weighted by molar-refractivity contribution is 5.99. The Labute approximate surface area is 230 Å². The van der Waals surface area contributed by atoms with E-state index in [4.69, 9.17) is 24.6 Å². The maximum absolute atomic E-state index is 12.3. The van der Waals surface area contributed by atoms with E-state index in [2.05, 4.69) is 30.8 Å². The number of nitrogens with zero attached hydrogens (tertiary/aromatic N) is 7. The van der Waals surface area contributed by atoms with Gasteiger partial charge in [-0.3, -0.25) is 4.98 Å². The molecule has 6 rings (SSSR count). The Bertz CT molecular complexity index is 1520. The summed E-state index contributed by atoms with van der Waals surface area (Å²) in [6.07, 6.45) is 0.341. The van der Waals surface area contributed by atoms with Gasteiger partial charge < -0.3 is 25.4 Å². The van der Waals surface area contributed by atoms with Crippen LogP contribution in [0.5, 0.6) is 0 Å². The van der Waals surface area contributed by atoms with E-state index in [-0.39, 0.29) is 6.03 Å². The van der Waals surface area contributed by atoms with Gasteiger partial charge in [-0.2, -0.15) is 13.2 Å². The molecule has 0 atom stereocenters. The van der Waals surface area contributed by atoms with E-state index in [9.17, 15) is 18.0 Å². The fourth-order valence-corrected chi connectivity index (χ4v) is 3.94. The number of hydrogen-bond acceptors (Lipinski definition) is 9. The number of amides is 2. The Morgan fingerprint density at radius 3 is 2.15 bits per heavy atom. The molecule has 3 aromatic heterocycles. The molecular formula is C25H24F3N9O4. The van der Waals surface area contributed by atoms with Gasteiger partial charge in [-0.1, -0.05) is 5.21 Å². The summed E-state index contributed by atoms with van der Waals surface area (Å²) in [5.74, 6) is -1.37. The highest BCUT2D eigenvalue weighted by Gasteiger charge is 2.38. The normalized spacial score (nSPS) is 15.1. The number of aromatic nitrogens is 6. The van der Waals surface area contributed by atoms with Crippen molar-refractivity contribution in [2.24, 2.45) is 0 Å². The number of ether oxygens (including phenoxy) is 1. The lowest BCUT2D eigenvalue weighted by Gasteiger charge is -2.28. The predicted octanol–water partition coefficient (Wildman–Crippen LogP) is 3.73. The smallest absolute Gasteiger partial charge is 0.475 e. The molecule has 1 aromatic carbocycles. The van der Waals surface area contributed by atoms with Crippen LogP contribution in [0, 0.1) is 0 Å². The van der Waals surface area contributed by atoms with Gasteiger partial charge in [0.2, 0.25) is 0 Å². The van der Waals surface area contributed by atoms with Gasteiger partial charge in [0.15, 0.2) is 22.8 Å². The molecule has 16 heteroatoms. The van der Waals surface area contributed by atoms with E-state index in [1.165, 1.54) is 0 Å². The molecule has 41 heavy (non-hydrogen) atoms. The summed E-state index contributed by atoms with van der Waals surface area (Å²) >= 11 is 0. The van der Waals surface area contributed by atoms with Gasteiger partial charge in [0, 0.05) is 42.4 Å². The standard InChI is InChI=1S/C23H23N9O2.C2HF3O2/c33-23(26-17-7-9-24-10-8-17)25-16-3-1-15(2-4-16)20-27-21(31-11-13-34-14-12-31)19-22(28-20)32(30-29-19)18-5-6-18;3-2(4,5)1(6)7/h1-4,7-10,18H,5-6,11-14H2,(H2,24,25,26,33);(H,6,7). The third-order valence-electron chi connectivity index (χ3n) is 6.09. The summed E-state index contributed by atoms with van der Waals surface area (Å²) < 4.78 is 39.2. The van der Waals surface area contributed by atoms with Crippen LogP contribution >= 0.6 is 0 Å². The van der Waals surface area contributed by atoms with Crippen LogP contribution in [0.15, 0.2) is 48.8 Å². The van der Waals surface area contributed by atoms with Crippen molar-refractivity contribution in [2.45, 2.75) is 25.1 Å². The number of morpholine rings is 1. The van der Waals surface area contributed by atoms with Crippen molar-refractivity contribution < 1.29 is 32.6 Å². The van der Waals surface area contributed by atoms with Gasteiger partial charge in [0.1, 0.15) is 0 Å². The number of rotatable bonds is 5. The number of alkyl halides is 3. The Hall–Kier alpha value is -4.86. The first-order valence-corrected chi connectivity index (χ1v) is 12.5. The lowest BCUT2D eigenvalue weighted by Crippen LogP contribution is -2.37. The summed E-state index contributed by atoms with van der Waals surface area (Å²) in [7, 11) is 0. The lowest BCUT2D eigenvalue weighted by atomic mass is 10.2. The Balaban J connectivity index is 0.000000431. The first-order valence-electron chi connectivity index (χ1n) is 12.5. The van der Waals surface area contributed by atoms with Crippen molar-refractivity contribution in [2.75, 3.05) is 41.8 Å². The second kappa shape index (κ2) is 11.7. The van der Waals surface area contributed by atoms with E-state index in [1.807, 2.05) is 28.9 Å². The minimum absolute atomic E-state index is 0.328. The number of benzene rings is 1. The predicted molar refractivity (Wildman–Crippen MR) is 140 cm³/mol. The maximum atomic E-state index is 12.3. The van der Waals surface area contributed by atoms with Crippen LogP contribution in [0.25, 0.3) is 22.6 Å². The molecule has 0 spiro atoms. The Morgan fingerprint density at radius 2 is 1.56 bits per heavy atom. The minimum Gasteiger partial charge on any atom is -0.475 e. The van der Waals surface area contributed by atoms with Crippen LogP contribution < -0.4 is 15.5 Å². The summed E-state index contributed by atoms with van der Waals surface area (Å²) in [6.45, 7) is 2.80. The third kappa shape index (κ3) is 6.84. The Morgan fingerprint density at radius 1 is 0.951 bits per heavy atom. The van der Waals surface area contributed by atoms with E-state index in [0.29, 0.717) is 36.5 Å². The zero-order valence-electron chi connectivity index (χ0n) is 21.4. The summed E-state index contributed by atoms with van der Waals surface area (Å²) in [4.78, 5) is 37.0. The van der Waals surface area contributed by atoms with Crippen LogP contribution in [0.3, 0.4) is 0 Å². The molecule has 4 heterocycles. The molecular weight excluding hydrogens is 547 g/mol. The summed E-state index contributed by atoms with van der Waals surface area (Å²) in [5.41, 5.74) is 3.66. The van der Waals surface area contributed by atoms with Gasteiger partial charge in [0.25, 0.3) is 0 Å². The number of carboxylic acid groups (broad SMARTS) is 1. The quantitative estimate of drug-likeness (QED) is 0.322. The lowest BCUT2D eigenvalue weighted by molar-refractivity contribution is -0.192. The molecule has 1 saturated carbocycles. The number of anilines is 3. The molecule has 13 nitrogen and oxygen atoms in total. The average molecular weight is 572 g/mol. The number of carboxylic acids is 1. The monoisotopic (exact) mass is 571 g/mol. The SMILES string of the molecule is O=C(Nc1ccncc1)Nc1ccc(-c2nc(N3CCOCC3)c3nnn(C4CC4)c3n2)cc1.O=C(O)C(F)(F)F. The van der Waals surface area contributed by atoms with Crippen molar-refractivity contribution in [1.82, 2.24) is 29.9 Å². The van der Waals surface area contributed by atoms with Crippen molar-refractivity contribution in [3.63, 3.8) is 0 Å². The van der Waals surface area contributed by atoms with E-state index in [0.717, 1.165) is 48.5 Å². The molecule has 2 aliphatic rings. The number of pyridine rings is 1. The van der Waals surface area contributed by atoms with Gasteiger partial charge in [-0.25, -0.2) is 24.2 Å². The number of urea groups is 1. The number of nitrogens with one attached hydrogen (secondary N) is 2. The van der Waals surface area contributed by atoms with E-state index < -0.39 is 12.1 Å². The van der Waals surface area contributed by atoms with Crippen LogP contribution in [-0.4, -0.2) is 79.5 Å². The highest BCUT2D eigenvalue weighted by atomic mass is 19.4. The van der Waals surface area contributed by atoms with E-state index >= 15 is 0 Å². The van der Waals surface area contributed by atoms with Crippen LogP contribution in [0.1, 0.15) is 18.9 Å². The molecule has 214 valence electrons. The number of hydrogen-bond donors (Lipinski definition) is 3. The first kappa shape index (κ1) is 27.7. The van der Waals surface area contributed by atoms with Crippen molar-refractivity contribution >= 4 is 40.4 Å². The van der Waals surface area contributed by atoms with Gasteiger partial charge in [-0.05, 0) is 49.2 Å². The second-order valence-corrected chi connectivity index (χ2v) is 9.10. The van der Waals surface area contributed by atoms with Crippen LogP contribution in [0.4, 0.5) is 35.2 Å². The summed E-state index contributed by atoms with van der Waals surface area (Å²) in [6, 6.07) is 10.9. The van der Waals surface area contributed by atoms with Crippen LogP contribution in [0.2, 0.25) is 0 Å². The minimum atomic E-state index is -5.08. The molecule has 1 aliphatic heterocycles. The topological polar surface area (TPSA) is 160 Å². The maximum Gasteiger partial charge on any atom is 0.490 e. The molecule has 1 saturated heterocycles. The first-order chi connectivity index (χ1) is 19.7. The zero-order valence-corrected chi connectivity index (χ0v) is 21.4. The largest absolute Gasteiger partial charge is 0.490 e. The molecule has 0 unspecified atom stereocenters. The van der Waals surface area contributed by atoms with Crippen LogP contribution in [-0.2, 0) is 9.53 Å². The summed E-state index contributed by atoms with van der Waals surface area (Å²) in [5, 5.41) is 21.5. The molecule has 2 amide bonds. The second-order valence-electron chi connectivity index (χ2n) is 9.10. The molecule has 1 aliphatic carbocycles. The Kier molecular flexibility index (Phi) is 7.91. The fraction of sp³-hybridized carbons (Fsp3) is 0.320.